The van der Waals surface area contributed by atoms with Crippen LogP contribution >= 0.6 is 0 Å². The number of rotatable bonds is 2. The minimum atomic E-state index is -0.859. The first kappa shape index (κ1) is 12.5. The second kappa shape index (κ2) is 4.55. The standard InChI is InChI=1S/C12H13N5O3/c1-7-9(4-13-12-14-6-15-17(7)12)10(18)16-3-2-8(5-16)11(19)20/h4,6,8H,2-3,5H2,1H3,(H,19,20). The molecule has 1 unspecified atom stereocenters. The fourth-order valence-corrected chi connectivity index (χ4v) is 2.42. The van der Waals surface area contributed by atoms with Crippen molar-refractivity contribution in [3.05, 3.63) is 23.8 Å². The number of hydrogen-bond acceptors (Lipinski definition) is 5. The van der Waals surface area contributed by atoms with E-state index in [1.165, 1.54) is 17.0 Å². The van der Waals surface area contributed by atoms with E-state index in [0.29, 0.717) is 30.0 Å². The number of carbonyl (C=O) groups excluding carboxylic acids is 1. The van der Waals surface area contributed by atoms with Crippen molar-refractivity contribution in [2.45, 2.75) is 13.3 Å². The molecule has 1 N–H and O–H groups in total. The van der Waals surface area contributed by atoms with Crippen molar-refractivity contribution in [1.82, 2.24) is 24.5 Å². The minimum Gasteiger partial charge on any atom is -0.481 e. The number of carbonyl (C=O) groups is 2. The number of carboxylic acids is 1. The van der Waals surface area contributed by atoms with Crippen LogP contribution in [0, 0.1) is 12.8 Å². The van der Waals surface area contributed by atoms with Gasteiger partial charge in [0, 0.05) is 19.3 Å². The average molecular weight is 275 g/mol. The highest BCUT2D eigenvalue weighted by Crippen LogP contribution is 2.20. The third kappa shape index (κ3) is 1.89. The molecule has 3 heterocycles. The predicted molar refractivity (Wildman–Crippen MR) is 67.2 cm³/mol. The number of aromatic nitrogens is 4. The average Bonchev–Trinajstić information content (AvgIpc) is 3.08. The lowest BCUT2D eigenvalue weighted by Gasteiger charge is -2.16. The Balaban J connectivity index is 1.89. The molecule has 0 saturated carbocycles. The van der Waals surface area contributed by atoms with Gasteiger partial charge in [0.25, 0.3) is 11.7 Å². The van der Waals surface area contributed by atoms with E-state index in [9.17, 15) is 9.59 Å². The highest BCUT2D eigenvalue weighted by Gasteiger charge is 2.32. The van der Waals surface area contributed by atoms with Crippen LogP contribution in [0.25, 0.3) is 5.78 Å². The van der Waals surface area contributed by atoms with Gasteiger partial charge in [-0.1, -0.05) is 0 Å². The van der Waals surface area contributed by atoms with Crippen molar-refractivity contribution in [2.24, 2.45) is 5.92 Å². The first-order valence-electron chi connectivity index (χ1n) is 6.25. The first-order valence-corrected chi connectivity index (χ1v) is 6.25. The summed E-state index contributed by atoms with van der Waals surface area (Å²) in [6.07, 6.45) is 3.33. The van der Waals surface area contributed by atoms with Crippen LogP contribution in [0.3, 0.4) is 0 Å². The zero-order valence-corrected chi connectivity index (χ0v) is 10.9. The second-order valence-corrected chi connectivity index (χ2v) is 4.80. The summed E-state index contributed by atoms with van der Waals surface area (Å²) in [6, 6.07) is 0. The Morgan fingerprint density at radius 2 is 2.20 bits per heavy atom. The normalized spacial score (nSPS) is 18.6. The number of likely N-dealkylation sites (tertiary alicyclic amines) is 1. The Hall–Kier alpha value is -2.51. The van der Waals surface area contributed by atoms with Gasteiger partial charge in [-0.3, -0.25) is 9.59 Å². The Kier molecular flexibility index (Phi) is 2.85. The number of fused-ring (bicyclic) bond motifs is 1. The molecule has 8 heteroatoms. The number of aryl methyl sites for hydroxylation is 1. The van der Waals surface area contributed by atoms with Gasteiger partial charge < -0.3 is 10.0 Å². The van der Waals surface area contributed by atoms with Crippen LogP contribution in [0.5, 0.6) is 0 Å². The third-order valence-electron chi connectivity index (χ3n) is 3.60. The molecule has 0 radical (unpaired) electrons. The van der Waals surface area contributed by atoms with E-state index < -0.39 is 11.9 Å². The van der Waals surface area contributed by atoms with Crippen molar-refractivity contribution in [3.63, 3.8) is 0 Å². The Morgan fingerprint density at radius 3 is 2.90 bits per heavy atom. The monoisotopic (exact) mass is 275 g/mol. The van der Waals surface area contributed by atoms with Crippen molar-refractivity contribution in [2.75, 3.05) is 13.1 Å². The van der Waals surface area contributed by atoms with Gasteiger partial charge in [0.2, 0.25) is 0 Å². The molecule has 0 aliphatic carbocycles. The molecule has 104 valence electrons. The molecule has 0 spiro atoms. The van der Waals surface area contributed by atoms with Gasteiger partial charge in [0.05, 0.1) is 17.2 Å². The van der Waals surface area contributed by atoms with E-state index in [4.69, 9.17) is 5.11 Å². The molecule has 1 aliphatic heterocycles. The highest BCUT2D eigenvalue weighted by molar-refractivity contribution is 5.95. The summed E-state index contributed by atoms with van der Waals surface area (Å²) >= 11 is 0. The summed E-state index contributed by atoms with van der Waals surface area (Å²) in [6.45, 7) is 2.45. The lowest BCUT2D eigenvalue weighted by atomic mass is 10.1. The number of carboxylic acid groups (broad SMARTS) is 1. The van der Waals surface area contributed by atoms with E-state index in [1.54, 1.807) is 11.8 Å². The summed E-state index contributed by atoms with van der Waals surface area (Å²) in [7, 11) is 0. The summed E-state index contributed by atoms with van der Waals surface area (Å²) < 4.78 is 1.50. The highest BCUT2D eigenvalue weighted by atomic mass is 16.4. The van der Waals surface area contributed by atoms with E-state index in [2.05, 4.69) is 15.1 Å². The molecule has 1 saturated heterocycles. The zero-order valence-electron chi connectivity index (χ0n) is 10.9. The van der Waals surface area contributed by atoms with Crippen molar-refractivity contribution in [3.8, 4) is 0 Å². The summed E-state index contributed by atoms with van der Waals surface area (Å²) in [5.74, 6) is -1.12. The molecule has 20 heavy (non-hydrogen) atoms. The molecule has 1 aliphatic rings. The van der Waals surface area contributed by atoms with Crippen molar-refractivity contribution in [1.29, 1.82) is 0 Å². The number of hydrogen-bond donors (Lipinski definition) is 1. The van der Waals surface area contributed by atoms with Gasteiger partial charge in [-0.2, -0.15) is 10.1 Å². The fraction of sp³-hybridized carbons (Fsp3) is 0.417. The van der Waals surface area contributed by atoms with Gasteiger partial charge in [-0.05, 0) is 13.3 Å². The van der Waals surface area contributed by atoms with Gasteiger partial charge >= 0.3 is 5.97 Å². The minimum absolute atomic E-state index is 0.212. The van der Waals surface area contributed by atoms with Crippen LogP contribution in [-0.2, 0) is 4.79 Å². The smallest absolute Gasteiger partial charge is 0.308 e. The fourth-order valence-electron chi connectivity index (χ4n) is 2.42. The van der Waals surface area contributed by atoms with Crippen LogP contribution in [0.2, 0.25) is 0 Å². The second-order valence-electron chi connectivity index (χ2n) is 4.80. The summed E-state index contributed by atoms with van der Waals surface area (Å²) in [5.41, 5.74) is 1.07. The number of amides is 1. The van der Waals surface area contributed by atoms with Crippen LogP contribution in [-0.4, -0.2) is 54.6 Å². The quantitative estimate of drug-likeness (QED) is 0.826. The van der Waals surface area contributed by atoms with Crippen LogP contribution in [0.15, 0.2) is 12.5 Å². The maximum Gasteiger partial charge on any atom is 0.308 e. The predicted octanol–water partition coefficient (Wildman–Crippen LogP) is -0.0206. The molecule has 0 aromatic carbocycles. The molecule has 3 rings (SSSR count). The Labute approximate surface area is 114 Å². The maximum absolute atomic E-state index is 12.4. The number of nitrogens with zero attached hydrogens (tertiary/aromatic N) is 5. The topological polar surface area (TPSA) is 101 Å². The lowest BCUT2D eigenvalue weighted by molar-refractivity contribution is -0.141. The van der Waals surface area contributed by atoms with Crippen molar-refractivity contribution < 1.29 is 14.7 Å². The molecule has 1 fully saturated rings. The van der Waals surface area contributed by atoms with Gasteiger partial charge in [-0.15, -0.1) is 0 Å². The maximum atomic E-state index is 12.4. The van der Waals surface area contributed by atoms with Gasteiger partial charge in [-0.25, -0.2) is 9.50 Å². The largest absolute Gasteiger partial charge is 0.481 e. The zero-order chi connectivity index (χ0) is 14.3. The first-order chi connectivity index (χ1) is 9.58. The molecule has 2 aromatic heterocycles. The van der Waals surface area contributed by atoms with Crippen LogP contribution < -0.4 is 0 Å². The molecular weight excluding hydrogens is 262 g/mol. The van der Waals surface area contributed by atoms with E-state index in [-0.39, 0.29) is 12.5 Å². The molecule has 8 nitrogen and oxygen atoms in total. The third-order valence-corrected chi connectivity index (χ3v) is 3.60. The lowest BCUT2D eigenvalue weighted by Crippen LogP contribution is -2.31. The Bertz CT molecular complexity index is 695. The molecule has 2 aromatic rings. The SMILES string of the molecule is Cc1c(C(=O)N2CCC(C(=O)O)C2)cnc2ncnn12. The Morgan fingerprint density at radius 1 is 1.40 bits per heavy atom. The van der Waals surface area contributed by atoms with E-state index in [1.807, 2.05) is 0 Å². The van der Waals surface area contributed by atoms with E-state index >= 15 is 0 Å². The molecular formula is C12H13N5O3. The summed E-state index contributed by atoms with van der Waals surface area (Å²) in [5, 5.41) is 13.0. The molecule has 1 atom stereocenters. The molecule has 1 amide bonds. The van der Waals surface area contributed by atoms with E-state index in [0.717, 1.165) is 0 Å². The van der Waals surface area contributed by atoms with Crippen LogP contribution in [0.1, 0.15) is 22.5 Å². The van der Waals surface area contributed by atoms with Gasteiger partial charge in [0.1, 0.15) is 6.33 Å². The number of aliphatic carboxylic acids is 1. The van der Waals surface area contributed by atoms with Gasteiger partial charge in [0.15, 0.2) is 0 Å². The summed E-state index contributed by atoms with van der Waals surface area (Å²) in [4.78, 5) is 32.9. The van der Waals surface area contributed by atoms with Crippen molar-refractivity contribution >= 4 is 17.7 Å². The molecule has 0 bridgehead atoms. The van der Waals surface area contributed by atoms with Crippen LogP contribution in [0.4, 0.5) is 0 Å².